The van der Waals surface area contributed by atoms with Crippen molar-refractivity contribution in [2.75, 3.05) is 23.8 Å². The third-order valence-electron chi connectivity index (χ3n) is 7.44. The van der Waals surface area contributed by atoms with Crippen molar-refractivity contribution >= 4 is 35.1 Å². The molecule has 1 aliphatic carbocycles. The minimum Gasteiger partial charge on any atom is -0.463 e. The van der Waals surface area contributed by atoms with Crippen molar-refractivity contribution in [2.24, 2.45) is 0 Å². The van der Waals surface area contributed by atoms with Crippen LogP contribution in [0, 0.1) is 0 Å². The molecular formula is C37H32N2O6. The lowest BCUT2D eigenvalue weighted by molar-refractivity contribution is -0.138. The van der Waals surface area contributed by atoms with Gasteiger partial charge in [-0.05, 0) is 71.5 Å². The van der Waals surface area contributed by atoms with E-state index in [2.05, 4.69) is 34.9 Å². The number of hydrogen-bond acceptors (Lipinski definition) is 6. The maximum Gasteiger partial charge on any atom is 0.330 e. The van der Waals surface area contributed by atoms with Crippen molar-refractivity contribution in [3.8, 4) is 11.1 Å². The molecule has 0 fully saturated rings. The smallest absolute Gasteiger partial charge is 0.330 e. The van der Waals surface area contributed by atoms with Crippen molar-refractivity contribution in [1.29, 1.82) is 0 Å². The molecule has 0 saturated carbocycles. The highest BCUT2D eigenvalue weighted by Gasteiger charge is 2.45. The normalized spacial score (nSPS) is 12.8. The van der Waals surface area contributed by atoms with Crippen LogP contribution in [-0.4, -0.2) is 37.0 Å². The summed E-state index contributed by atoms with van der Waals surface area (Å²) in [4.78, 5) is 48.0. The Morgan fingerprint density at radius 3 is 1.31 bits per heavy atom. The molecule has 0 spiro atoms. The maximum absolute atomic E-state index is 12.4. The number of esters is 2. The molecule has 8 nitrogen and oxygen atoms in total. The van der Waals surface area contributed by atoms with E-state index in [9.17, 15) is 19.2 Å². The standard InChI is InChI=1S/C37H32N2O6/c1-3-44-35(42)23-21-33(40)38-27-17-13-25(14-18-27)37(31-11-7-5-9-29(31)30-10-6-8-12-32(30)37)26-15-19-28(20-16-26)39-34(41)22-24-36(43)45-4-2/h5-24H,3-4H2,1-2H3,(H,38,40)(H,39,41)/b23-21+,24-22+. The van der Waals surface area contributed by atoms with Gasteiger partial charge in [0.25, 0.3) is 0 Å². The first-order valence-corrected chi connectivity index (χ1v) is 14.6. The fourth-order valence-corrected chi connectivity index (χ4v) is 5.67. The van der Waals surface area contributed by atoms with Crippen molar-refractivity contribution < 1.29 is 28.7 Å². The first kappa shape index (κ1) is 30.7. The summed E-state index contributed by atoms with van der Waals surface area (Å²) in [6, 6.07) is 31.9. The summed E-state index contributed by atoms with van der Waals surface area (Å²) >= 11 is 0. The highest BCUT2D eigenvalue weighted by atomic mass is 16.5. The zero-order valence-corrected chi connectivity index (χ0v) is 24.9. The number of amides is 2. The van der Waals surface area contributed by atoms with E-state index >= 15 is 0 Å². The van der Waals surface area contributed by atoms with E-state index in [4.69, 9.17) is 9.47 Å². The number of nitrogens with one attached hydrogen (secondary N) is 2. The molecule has 0 saturated heterocycles. The molecule has 4 aromatic carbocycles. The molecule has 0 atom stereocenters. The molecule has 0 aliphatic heterocycles. The van der Waals surface area contributed by atoms with Crippen molar-refractivity contribution in [3.05, 3.63) is 144 Å². The second kappa shape index (κ2) is 13.7. The predicted octanol–water partition coefficient (Wildman–Crippen LogP) is 6.17. The van der Waals surface area contributed by atoms with Gasteiger partial charge in [-0.1, -0.05) is 72.8 Å². The molecule has 1 aliphatic rings. The maximum atomic E-state index is 12.4. The SMILES string of the molecule is CCOC(=O)/C=C/C(=O)Nc1ccc(C2(c3ccc(NC(=O)/C=C/C(=O)OCC)cc3)c3ccccc3-c3ccccc32)cc1. The quantitative estimate of drug-likeness (QED) is 0.147. The summed E-state index contributed by atoms with van der Waals surface area (Å²) in [6.45, 7) is 3.85. The molecule has 226 valence electrons. The Morgan fingerprint density at radius 2 is 0.933 bits per heavy atom. The van der Waals surface area contributed by atoms with Crippen LogP contribution in [0.15, 0.2) is 121 Å². The molecule has 0 aromatic heterocycles. The summed E-state index contributed by atoms with van der Waals surface area (Å²) in [5.74, 6) is -2.06. The number of carbonyl (C=O) groups excluding carboxylic acids is 4. The zero-order chi connectivity index (χ0) is 31.8. The number of fused-ring (bicyclic) bond motifs is 3. The van der Waals surface area contributed by atoms with Crippen LogP contribution < -0.4 is 10.6 Å². The minimum absolute atomic E-state index is 0.228. The average Bonchev–Trinajstić information content (AvgIpc) is 3.35. The number of hydrogen-bond donors (Lipinski definition) is 2. The van der Waals surface area contributed by atoms with Crippen LogP contribution >= 0.6 is 0 Å². The zero-order valence-electron chi connectivity index (χ0n) is 24.9. The van der Waals surface area contributed by atoms with Gasteiger partial charge >= 0.3 is 11.9 Å². The Kier molecular flexibility index (Phi) is 9.34. The van der Waals surface area contributed by atoms with Gasteiger partial charge in [-0.25, -0.2) is 9.59 Å². The molecule has 8 heteroatoms. The van der Waals surface area contributed by atoms with Crippen molar-refractivity contribution in [2.45, 2.75) is 19.3 Å². The second-order valence-electron chi connectivity index (χ2n) is 10.1. The molecular weight excluding hydrogens is 568 g/mol. The van der Waals surface area contributed by atoms with Gasteiger partial charge in [0.05, 0.1) is 18.6 Å². The van der Waals surface area contributed by atoms with E-state index in [1.165, 1.54) is 0 Å². The van der Waals surface area contributed by atoms with Gasteiger partial charge in [-0.15, -0.1) is 0 Å². The number of benzene rings is 4. The van der Waals surface area contributed by atoms with Gasteiger partial charge in [0, 0.05) is 35.7 Å². The molecule has 0 heterocycles. The number of anilines is 2. The monoisotopic (exact) mass is 600 g/mol. The number of rotatable bonds is 10. The number of carbonyl (C=O) groups is 4. The fraction of sp³-hybridized carbons (Fsp3) is 0.135. The Labute approximate surface area is 261 Å². The average molecular weight is 601 g/mol. The van der Waals surface area contributed by atoms with Crippen LogP contribution in [0.2, 0.25) is 0 Å². The van der Waals surface area contributed by atoms with Crippen LogP contribution in [0.25, 0.3) is 11.1 Å². The molecule has 0 unspecified atom stereocenters. The molecule has 2 N–H and O–H groups in total. The Morgan fingerprint density at radius 1 is 0.556 bits per heavy atom. The summed E-state index contributed by atoms with van der Waals surface area (Å²) < 4.78 is 9.67. The first-order chi connectivity index (χ1) is 21.9. The molecule has 0 bridgehead atoms. The lowest BCUT2D eigenvalue weighted by Gasteiger charge is -2.34. The van der Waals surface area contributed by atoms with Gasteiger partial charge in [-0.2, -0.15) is 0 Å². The Hall–Kier alpha value is -5.76. The fourth-order valence-electron chi connectivity index (χ4n) is 5.67. The van der Waals surface area contributed by atoms with E-state index in [1.807, 2.05) is 72.8 Å². The lowest BCUT2D eigenvalue weighted by Crippen LogP contribution is -2.28. The predicted molar refractivity (Wildman–Crippen MR) is 173 cm³/mol. The van der Waals surface area contributed by atoms with E-state index in [-0.39, 0.29) is 13.2 Å². The first-order valence-electron chi connectivity index (χ1n) is 14.6. The lowest BCUT2D eigenvalue weighted by atomic mass is 9.67. The van der Waals surface area contributed by atoms with Crippen LogP contribution in [0.3, 0.4) is 0 Å². The molecule has 4 aromatic rings. The summed E-state index contributed by atoms with van der Waals surface area (Å²) in [5, 5.41) is 5.58. The summed E-state index contributed by atoms with van der Waals surface area (Å²) in [5.41, 5.74) is 6.87. The van der Waals surface area contributed by atoms with E-state index in [0.29, 0.717) is 11.4 Å². The van der Waals surface area contributed by atoms with Gasteiger partial charge in [-0.3, -0.25) is 9.59 Å². The topological polar surface area (TPSA) is 111 Å². The molecule has 0 radical (unpaired) electrons. The third kappa shape index (κ3) is 6.45. The van der Waals surface area contributed by atoms with Crippen molar-refractivity contribution in [3.63, 3.8) is 0 Å². The highest BCUT2D eigenvalue weighted by Crippen LogP contribution is 2.56. The van der Waals surface area contributed by atoms with Crippen LogP contribution in [0.4, 0.5) is 11.4 Å². The van der Waals surface area contributed by atoms with Crippen LogP contribution in [0.1, 0.15) is 36.1 Å². The largest absolute Gasteiger partial charge is 0.463 e. The van der Waals surface area contributed by atoms with Crippen LogP contribution in [-0.2, 0) is 34.1 Å². The Bertz CT molecular complexity index is 1660. The van der Waals surface area contributed by atoms with Gasteiger partial charge in [0.2, 0.25) is 11.8 Å². The third-order valence-corrected chi connectivity index (χ3v) is 7.44. The Balaban J connectivity index is 1.51. The minimum atomic E-state index is -0.689. The van der Waals surface area contributed by atoms with Crippen molar-refractivity contribution in [1.82, 2.24) is 0 Å². The van der Waals surface area contributed by atoms with E-state index in [1.54, 1.807) is 13.8 Å². The summed E-state index contributed by atoms with van der Waals surface area (Å²) in [6.07, 6.45) is 4.47. The van der Waals surface area contributed by atoms with E-state index < -0.39 is 29.2 Å². The molecule has 5 rings (SSSR count). The number of ether oxygens (including phenoxy) is 2. The molecule has 2 amide bonds. The van der Waals surface area contributed by atoms with Gasteiger partial charge < -0.3 is 20.1 Å². The second-order valence-corrected chi connectivity index (χ2v) is 10.1. The highest BCUT2D eigenvalue weighted by molar-refractivity contribution is 6.03. The van der Waals surface area contributed by atoms with E-state index in [0.717, 1.165) is 57.7 Å². The summed E-state index contributed by atoms with van der Waals surface area (Å²) in [7, 11) is 0. The van der Waals surface area contributed by atoms with Crippen LogP contribution in [0.5, 0.6) is 0 Å². The molecule has 45 heavy (non-hydrogen) atoms. The van der Waals surface area contributed by atoms with Gasteiger partial charge in [0.15, 0.2) is 0 Å². The van der Waals surface area contributed by atoms with Gasteiger partial charge in [0.1, 0.15) is 0 Å².